The first kappa shape index (κ1) is 34.8. The second-order valence-electron chi connectivity index (χ2n) is 10.7. The first-order valence-electron chi connectivity index (χ1n) is 15.2. The lowest BCUT2D eigenvalue weighted by atomic mass is 10.1. The van der Waals surface area contributed by atoms with Crippen LogP contribution in [0.1, 0.15) is 102 Å². The van der Waals surface area contributed by atoms with Crippen molar-refractivity contribution in [3.05, 3.63) is 70.7 Å². The van der Waals surface area contributed by atoms with Gasteiger partial charge in [0.25, 0.3) is 0 Å². The van der Waals surface area contributed by atoms with Crippen molar-refractivity contribution in [3.8, 4) is 11.5 Å². The number of benzene rings is 2. The fourth-order valence-corrected chi connectivity index (χ4v) is 5.61. The van der Waals surface area contributed by atoms with Crippen molar-refractivity contribution in [1.82, 2.24) is 0 Å². The van der Waals surface area contributed by atoms with E-state index < -0.39 is 0 Å². The summed E-state index contributed by atoms with van der Waals surface area (Å²) in [5.41, 5.74) is 5.16. The van der Waals surface area contributed by atoms with Crippen LogP contribution in [0.2, 0.25) is 0 Å². The molecule has 1 amide bonds. The van der Waals surface area contributed by atoms with Crippen LogP contribution in [0.5, 0.6) is 11.5 Å². The van der Waals surface area contributed by atoms with Gasteiger partial charge in [0.1, 0.15) is 0 Å². The zero-order chi connectivity index (χ0) is 28.4. The van der Waals surface area contributed by atoms with Crippen molar-refractivity contribution in [2.24, 2.45) is 0 Å². The molecule has 0 unspecified atom stereocenters. The number of amides is 1. The number of unbranched alkanes of at least 4 members (excludes halogenated alkanes) is 11. The molecule has 0 aliphatic heterocycles. The molecule has 41 heavy (non-hydrogen) atoms. The normalized spacial score (nSPS) is 10.7. The molecule has 0 atom stereocenters. The smallest absolute Gasteiger partial charge is 0.224 e. The van der Waals surface area contributed by atoms with Crippen LogP contribution in [0, 0.1) is 0 Å². The summed E-state index contributed by atoms with van der Waals surface area (Å²) in [5, 5.41) is 2.06. The van der Waals surface area contributed by atoms with Gasteiger partial charge in [0.05, 0.1) is 25.6 Å². The molecule has 0 aliphatic carbocycles. The summed E-state index contributed by atoms with van der Waals surface area (Å²) in [6.45, 7) is 5.83. The third-order valence-corrected chi connectivity index (χ3v) is 7.99. The lowest BCUT2D eigenvalue weighted by Gasteiger charge is -2.22. The number of aromatic nitrogens is 1. The molecule has 3 aromatic rings. The quantitative estimate of drug-likeness (QED) is 0.117. The van der Waals surface area contributed by atoms with E-state index in [0.717, 1.165) is 41.3 Å². The van der Waals surface area contributed by atoms with Crippen LogP contribution < -0.4 is 35.9 Å². The van der Waals surface area contributed by atoms with Gasteiger partial charge in [-0.25, -0.2) is 0 Å². The van der Waals surface area contributed by atoms with E-state index >= 15 is 0 Å². The monoisotopic (exact) mass is 644 g/mol. The topological polar surface area (TPSA) is 42.7 Å². The average molecular weight is 646 g/mol. The van der Waals surface area contributed by atoms with E-state index in [0.29, 0.717) is 13.2 Å². The van der Waals surface area contributed by atoms with Crippen LogP contribution in [0.3, 0.4) is 0 Å². The molecule has 0 spiro atoms. The molecule has 1 heterocycles. The molecule has 0 aliphatic rings. The number of thiazole rings is 1. The Labute approximate surface area is 262 Å². The van der Waals surface area contributed by atoms with Crippen LogP contribution in [-0.4, -0.2) is 19.6 Å². The average Bonchev–Trinajstić information content (AvgIpc) is 3.47. The standard InChI is InChI=1S/C34H49N2O3S.BrH/c1-4-5-6-7-8-9-10-11-12-13-14-15-22-39-34-25-31(19-20-33(34)38-3)27-36(29(2)37)32-18-16-17-30(24-32)26-35-21-23-40-28-35;/h16-21,23-25,28H,4-15,22,26-27H2,1-3H3;1H/q+1;/p-1. The zero-order valence-corrected chi connectivity index (χ0v) is 27.7. The van der Waals surface area contributed by atoms with E-state index in [1.807, 2.05) is 35.2 Å². The minimum Gasteiger partial charge on any atom is -1.00 e. The molecule has 0 N–H and O–H groups in total. The van der Waals surface area contributed by atoms with Gasteiger partial charge >= 0.3 is 0 Å². The van der Waals surface area contributed by atoms with Crippen molar-refractivity contribution in [2.75, 3.05) is 18.6 Å². The van der Waals surface area contributed by atoms with Crippen molar-refractivity contribution >= 4 is 22.9 Å². The number of nitrogens with zero attached hydrogens (tertiary/aromatic N) is 2. The summed E-state index contributed by atoms with van der Waals surface area (Å²) in [4.78, 5) is 14.5. The SMILES string of the molecule is CCCCCCCCCCCCCCOc1cc(CN(C(C)=O)c2cccc(C[n+]3ccsc3)c2)ccc1OC.[Br-]. The van der Waals surface area contributed by atoms with E-state index in [1.54, 1.807) is 25.4 Å². The molecule has 0 bridgehead atoms. The number of carbonyl (C=O) groups excluding carboxylic acids is 1. The van der Waals surface area contributed by atoms with Crippen molar-refractivity contribution in [2.45, 2.75) is 104 Å². The van der Waals surface area contributed by atoms with Gasteiger partial charge in [0.2, 0.25) is 11.4 Å². The summed E-state index contributed by atoms with van der Waals surface area (Å²) in [5.74, 6) is 1.48. The Hall–Kier alpha value is -2.38. The predicted octanol–water partition coefficient (Wildman–Crippen LogP) is 5.73. The maximum atomic E-state index is 12.7. The third kappa shape index (κ3) is 13.0. The molecule has 7 heteroatoms. The highest BCUT2D eigenvalue weighted by Crippen LogP contribution is 2.30. The number of rotatable bonds is 20. The van der Waals surface area contributed by atoms with Gasteiger partial charge in [-0.1, -0.05) is 107 Å². The van der Waals surface area contributed by atoms with Crippen molar-refractivity contribution in [1.29, 1.82) is 0 Å². The van der Waals surface area contributed by atoms with Crippen molar-refractivity contribution < 1.29 is 35.8 Å². The maximum absolute atomic E-state index is 12.7. The molecular formula is C34H49BrN2O3S. The first-order valence-corrected chi connectivity index (χ1v) is 16.1. The van der Waals surface area contributed by atoms with Gasteiger partial charge in [-0.2, -0.15) is 4.57 Å². The number of hydrogen-bond acceptors (Lipinski definition) is 4. The minimum absolute atomic E-state index is 0. The van der Waals surface area contributed by atoms with Gasteiger partial charge < -0.3 is 31.4 Å². The van der Waals surface area contributed by atoms with Gasteiger partial charge in [0, 0.05) is 18.2 Å². The van der Waals surface area contributed by atoms with E-state index in [2.05, 4.69) is 40.7 Å². The molecule has 0 radical (unpaired) electrons. The molecule has 3 rings (SSSR count). The van der Waals surface area contributed by atoms with Crippen LogP contribution in [0.15, 0.2) is 59.6 Å². The summed E-state index contributed by atoms with van der Waals surface area (Å²) in [6.07, 6.45) is 17.9. The summed E-state index contributed by atoms with van der Waals surface area (Å²) in [6, 6.07) is 14.2. The molecule has 0 saturated heterocycles. The minimum atomic E-state index is 0. The Kier molecular flexibility index (Phi) is 17.4. The third-order valence-electron chi connectivity index (χ3n) is 7.32. The van der Waals surface area contributed by atoms with Crippen LogP contribution in [0.4, 0.5) is 5.69 Å². The number of hydrogen-bond donors (Lipinski definition) is 0. The highest BCUT2D eigenvalue weighted by Gasteiger charge is 2.16. The number of ether oxygens (including phenoxy) is 2. The molecule has 5 nitrogen and oxygen atoms in total. The highest BCUT2D eigenvalue weighted by atomic mass is 79.9. The Morgan fingerprint density at radius 2 is 1.54 bits per heavy atom. The van der Waals surface area contributed by atoms with Crippen LogP contribution >= 0.6 is 11.3 Å². The van der Waals surface area contributed by atoms with Crippen molar-refractivity contribution in [3.63, 3.8) is 0 Å². The molecule has 226 valence electrons. The summed E-state index contributed by atoms with van der Waals surface area (Å²) in [7, 11) is 1.67. The molecule has 2 aromatic carbocycles. The molecule has 0 saturated carbocycles. The Morgan fingerprint density at radius 3 is 2.15 bits per heavy atom. The second-order valence-corrected chi connectivity index (χ2v) is 11.5. The largest absolute Gasteiger partial charge is 1.00 e. The number of halogens is 1. The fourth-order valence-electron chi connectivity index (χ4n) is 5.01. The lowest BCUT2D eigenvalue weighted by molar-refractivity contribution is -0.683. The lowest BCUT2D eigenvalue weighted by Crippen LogP contribution is -3.00. The summed E-state index contributed by atoms with van der Waals surface area (Å²) >= 11 is 1.67. The molecule has 0 fully saturated rings. The summed E-state index contributed by atoms with van der Waals surface area (Å²) < 4.78 is 13.9. The fraction of sp³-hybridized carbons (Fsp3) is 0.529. The van der Waals surface area contributed by atoms with Gasteiger partial charge in [-0.15, -0.1) is 0 Å². The van der Waals surface area contributed by atoms with Gasteiger partial charge in [0.15, 0.2) is 24.2 Å². The number of methoxy groups -OCH3 is 1. The van der Waals surface area contributed by atoms with E-state index in [1.165, 1.54) is 70.6 Å². The van der Waals surface area contributed by atoms with Gasteiger partial charge in [-0.3, -0.25) is 4.79 Å². The predicted molar refractivity (Wildman–Crippen MR) is 166 cm³/mol. The molecular weight excluding hydrogens is 596 g/mol. The van der Waals surface area contributed by atoms with Gasteiger partial charge in [-0.05, 0) is 36.2 Å². The second kappa shape index (κ2) is 20.5. The maximum Gasteiger partial charge on any atom is 0.224 e. The van der Waals surface area contributed by atoms with E-state index in [9.17, 15) is 4.79 Å². The first-order chi connectivity index (χ1) is 19.6. The highest BCUT2D eigenvalue weighted by molar-refractivity contribution is 7.07. The zero-order valence-electron chi connectivity index (χ0n) is 25.3. The Balaban J connectivity index is 0.00000588. The molecule has 1 aromatic heterocycles. The van der Waals surface area contributed by atoms with Crippen LogP contribution in [-0.2, 0) is 17.9 Å². The van der Waals surface area contributed by atoms with E-state index in [4.69, 9.17) is 9.47 Å². The Bertz CT molecular complexity index is 1120. The number of anilines is 1. The number of carbonyl (C=O) groups is 1. The Morgan fingerprint density at radius 1 is 0.854 bits per heavy atom. The van der Waals surface area contributed by atoms with Crippen LogP contribution in [0.25, 0.3) is 0 Å². The van der Waals surface area contributed by atoms with E-state index in [-0.39, 0.29) is 22.9 Å².